The molecule has 2 bridgehead atoms. The van der Waals surface area contributed by atoms with Crippen molar-refractivity contribution in [3.63, 3.8) is 0 Å². The van der Waals surface area contributed by atoms with Gasteiger partial charge in [0.2, 0.25) is 5.60 Å². The van der Waals surface area contributed by atoms with E-state index in [1.807, 2.05) is 48.5 Å². The van der Waals surface area contributed by atoms with Gasteiger partial charge < -0.3 is 14.3 Å². The van der Waals surface area contributed by atoms with E-state index < -0.39 is 11.6 Å². The first-order chi connectivity index (χ1) is 13.4. The van der Waals surface area contributed by atoms with Gasteiger partial charge in [-0.2, -0.15) is 0 Å². The highest BCUT2D eigenvalue weighted by Crippen LogP contribution is 2.61. The van der Waals surface area contributed by atoms with E-state index in [1.54, 1.807) is 0 Å². The molecule has 1 N–H and O–H groups in total. The van der Waals surface area contributed by atoms with Gasteiger partial charge in [-0.05, 0) is 17.5 Å². The molecule has 3 fully saturated rings. The van der Waals surface area contributed by atoms with Crippen molar-refractivity contribution in [3.8, 4) is 11.1 Å². The average Bonchev–Trinajstić information content (AvgIpc) is 3.40. The smallest absolute Gasteiger partial charge is 0.348 e. The van der Waals surface area contributed by atoms with E-state index in [9.17, 15) is 9.90 Å². The van der Waals surface area contributed by atoms with Gasteiger partial charge in [0.25, 0.3) is 0 Å². The van der Waals surface area contributed by atoms with Crippen LogP contribution >= 0.6 is 0 Å². The first kappa shape index (κ1) is 16.8. The fraction of sp³-hybridized carbons (Fsp3) is 0.458. The molecule has 4 aliphatic rings. The summed E-state index contributed by atoms with van der Waals surface area (Å²) in [5, 5.41) is 11.6. The largest absolute Gasteiger partial charge is 0.459 e. The fourth-order valence-corrected chi connectivity index (χ4v) is 6.65. The van der Waals surface area contributed by atoms with E-state index >= 15 is 0 Å². The predicted octanol–water partition coefficient (Wildman–Crippen LogP) is 3.07. The average molecular weight is 376 g/mol. The molecule has 2 saturated heterocycles. The van der Waals surface area contributed by atoms with Crippen molar-refractivity contribution in [2.45, 2.75) is 43.1 Å². The Morgan fingerprint density at radius 1 is 0.929 bits per heavy atom. The molecule has 4 nitrogen and oxygen atoms in total. The van der Waals surface area contributed by atoms with Crippen LogP contribution in [0, 0.1) is 11.8 Å². The number of fused-ring (bicyclic) bond motifs is 8. The number of nitrogens with zero attached hydrogens (tertiary/aromatic N) is 1. The molecule has 6 rings (SSSR count). The number of aliphatic hydroxyl groups is 1. The van der Waals surface area contributed by atoms with Crippen molar-refractivity contribution in [2.75, 3.05) is 14.1 Å². The third-order valence-corrected chi connectivity index (χ3v) is 8.09. The molecule has 1 saturated carbocycles. The highest BCUT2D eigenvalue weighted by atomic mass is 16.6. The van der Waals surface area contributed by atoms with Gasteiger partial charge in [0.05, 0.1) is 26.2 Å². The maximum Gasteiger partial charge on any atom is 0.348 e. The van der Waals surface area contributed by atoms with Gasteiger partial charge in [0.15, 0.2) is 0 Å². The summed E-state index contributed by atoms with van der Waals surface area (Å²) in [5.41, 5.74) is 1.40. The number of hydrogen-bond donors (Lipinski definition) is 1. The highest BCUT2D eigenvalue weighted by Gasteiger charge is 2.68. The van der Waals surface area contributed by atoms with Crippen molar-refractivity contribution < 1.29 is 19.1 Å². The Bertz CT molecular complexity index is 931. The maximum absolute atomic E-state index is 13.4. The second kappa shape index (κ2) is 5.25. The molecule has 2 heterocycles. The molecule has 28 heavy (non-hydrogen) atoms. The first-order valence-corrected chi connectivity index (χ1v) is 10.4. The van der Waals surface area contributed by atoms with E-state index in [1.165, 1.54) is 6.42 Å². The molecule has 2 aromatic carbocycles. The Kier molecular flexibility index (Phi) is 3.14. The zero-order chi connectivity index (χ0) is 19.3. The number of carbonyl (C=O) groups excluding carboxylic acids is 1. The number of carbonyl (C=O) groups is 1. The van der Waals surface area contributed by atoms with Gasteiger partial charge in [-0.25, -0.2) is 4.79 Å². The van der Waals surface area contributed by atoms with Crippen LogP contribution in [-0.4, -0.2) is 47.8 Å². The lowest BCUT2D eigenvalue weighted by molar-refractivity contribution is -0.937. The van der Waals surface area contributed by atoms with Crippen molar-refractivity contribution in [2.24, 2.45) is 11.8 Å². The molecule has 0 aromatic heterocycles. The summed E-state index contributed by atoms with van der Waals surface area (Å²) in [6.45, 7) is 0. The van der Waals surface area contributed by atoms with Crippen LogP contribution in [0.15, 0.2) is 48.5 Å². The monoisotopic (exact) mass is 376 g/mol. The van der Waals surface area contributed by atoms with Crippen molar-refractivity contribution in [1.29, 1.82) is 0 Å². The number of rotatable bonds is 2. The Morgan fingerprint density at radius 3 is 1.96 bits per heavy atom. The summed E-state index contributed by atoms with van der Waals surface area (Å²) in [4.78, 5) is 13.4. The van der Waals surface area contributed by atoms with E-state index in [2.05, 4.69) is 14.1 Å². The first-order valence-electron chi connectivity index (χ1n) is 10.4. The van der Waals surface area contributed by atoms with E-state index in [-0.39, 0.29) is 6.10 Å². The Morgan fingerprint density at radius 2 is 1.43 bits per heavy atom. The number of piperidine rings is 2. The zero-order valence-corrected chi connectivity index (χ0v) is 16.3. The molecule has 0 radical (unpaired) electrons. The minimum absolute atomic E-state index is 0.0922. The molecular formula is C24H26NO3+. The fourth-order valence-electron chi connectivity index (χ4n) is 6.65. The lowest BCUT2D eigenvalue weighted by Gasteiger charge is -2.46. The number of esters is 1. The van der Waals surface area contributed by atoms with Crippen molar-refractivity contribution in [1.82, 2.24) is 0 Å². The normalized spacial score (nSPS) is 34.9. The van der Waals surface area contributed by atoms with Crippen LogP contribution in [0.25, 0.3) is 11.1 Å². The van der Waals surface area contributed by atoms with Gasteiger partial charge in [0, 0.05) is 35.8 Å². The third-order valence-electron chi connectivity index (χ3n) is 8.09. The predicted molar refractivity (Wildman–Crippen MR) is 105 cm³/mol. The van der Waals surface area contributed by atoms with Crippen LogP contribution in [0.4, 0.5) is 0 Å². The molecular weight excluding hydrogens is 350 g/mol. The van der Waals surface area contributed by atoms with Crippen LogP contribution in [-0.2, 0) is 15.1 Å². The third kappa shape index (κ3) is 1.95. The second-order valence-corrected chi connectivity index (χ2v) is 9.63. The van der Waals surface area contributed by atoms with Gasteiger partial charge in [0.1, 0.15) is 6.10 Å². The van der Waals surface area contributed by atoms with Crippen LogP contribution in [0.1, 0.15) is 30.4 Å². The topological polar surface area (TPSA) is 46.5 Å². The van der Waals surface area contributed by atoms with Gasteiger partial charge >= 0.3 is 5.97 Å². The van der Waals surface area contributed by atoms with Crippen LogP contribution in [0.3, 0.4) is 0 Å². The molecule has 2 aliphatic heterocycles. The van der Waals surface area contributed by atoms with Crippen molar-refractivity contribution in [3.05, 3.63) is 59.7 Å². The minimum atomic E-state index is -1.71. The minimum Gasteiger partial charge on any atom is -0.459 e. The zero-order valence-electron chi connectivity index (χ0n) is 16.3. The highest BCUT2D eigenvalue weighted by molar-refractivity contribution is 5.96. The maximum atomic E-state index is 13.4. The molecule has 2 aliphatic carbocycles. The molecule has 0 spiro atoms. The molecule has 0 amide bonds. The number of hydrogen-bond acceptors (Lipinski definition) is 3. The van der Waals surface area contributed by atoms with E-state index in [0.29, 0.717) is 23.2 Å². The summed E-state index contributed by atoms with van der Waals surface area (Å²) >= 11 is 0. The Hall–Kier alpha value is -2.17. The Labute approximate surface area is 165 Å². The summed E-state index contributed by atoms with van der Waals surface area (Å²) in [5.74, 6) is 1.09. The second-order valence-electron chi connectivity index (χ2n) is 9.63. The summed E-state index contributed by atoms with van der Waals surface area (Å²) in [6, 6.07) is 16.4. The lowest BCUT2D eigenvalue weighted by Crippen LogP contribution is -2.59. The summed E-state index contributed by atoms with van der Waals surface area (Å²) in [6.07, 6.45) is 3.08. The van der Waals surface area contributed by atoms with Crippen LogP contribution in [0.5, 0.6) is 0 Å². The van der Waals surface area contributed by atoms with Crippen molar-refractivity contribution >= 4 is 5.97 Å². The van der Waals surface area contributed by atoms with Crippen LogP contribution < -0.4 is 0 Å². The number of ether oxygens (including phenoxy) is 1. The van der Waals surface area contributed by atoms with Crippen LogP contribution in [0.2, 0.25) is 0 Å². The van der Waals surface area contributed by atoms with E-state index in [0.717, 1.165) is 40.3 Å². The molecule has 1 unspecified atom stereocenters. The van der Waals surface area contributed by atoms with Gasteiger partial charge in [-0.3, -0.25) is 0 Å². The number of benzene rings is 2. The lowest BCUT2D eigenvalue weighted by atomic mass is 9.90. The SMILES string of the molecule is C[N+]1(C)[C@@H]2CC(OC(=O)C3(O)c4ccccc4-c4ccccc43)C[C@H]1[C@H]1C[C@H]12. The molecule has 144 valence electrons. The Balaban J connectivity index is 1.33. The standard InChI is InChI=1S/C24H26NO3/c1-25(2)21-11-14(12-22(25)18-13-17(18)21)28-23(26)24(27)19-9-5-3-7-15(19)16-8-4-6-10-20(16)24/h3-10,14,17-18,21-22,27H,11-13H2,1-2H3/q+1/t14?,17-,18+,21-,22+. The van der Waals surface area contributed by atoms with Gasteiger partial charge in [-0.15, -0.1) is 0 Å². The van der Waals surface area contributed by atoms with Gasteiger partial charge in [-0.1, -0.05) is 48.5 Å². The number of quaternary nitrogens is 1. The summed E-state index contributed by atoms with van der Waals surface area (Å²) in [7, 11) is 4.66. The molecule has 2 aromatic rings. The molecule has 4 heteroatoms. The summed E-state index contributed by atoms with van der Waals surface area (Å²) < 4.78 is 7.10. The van der Waals surface area contributed by atoms with E-state index in [4.69, 9.17) is 4.74 Å². The quantitative estimate of drug-likeness (QED) is 0.647. The molecule has 5 atom stereocenters.